The minimum Gasteiger partial charge on any atom is -0.441 e. The van der Waals surface area contributed by atoms with Crippen molar-refractivity contribution in [1.29, 1.82) is 0 Å². The van der Waals surface area contributed by atoms with Crippen molar-refractivity contribution in [1.82, 2.24) is 14.6 Å². The lowest BCUT2D eigenvalue weighted by Crippen LogP contribution is -1.86. The maximum absolute atomic E-state index is 5.70. The van der Waals surface area contributed by atoms with Gasteiger partial charge >= 0.3 is 0 Å². The van der Waals surface area contributed by atoms with Crippen LogP contribution in [0.15, 0.2) is 40.9 Å². The predicted octanol–water partition coefficient (Wildman–Crippen LogP) is 2.64. The molecule has 0 spiro atoms. The molecule has 0 aromatic carbocycles. The number of nitrogens with zero attached hydrogens (tertiary/aromatic N) is 3. The van der Waals surface area contributed by atoms with E-state index >= 15 is 0 Å². The van der Waals surface area contributed by atoms with Crippen LogP contribution in [0.2, 0.25) is 5.22 Å². The molecule has 0 unspecified atom stereocenters. The number of halogens is 1. The molecule has 0 atom stereocenters. The van der Waals surface area contributed by atoms with E-state index < -0.39 is 0 Å². The summed E-state index contributed by atoms with van der Waals surface area (Å²) in [7, 11) is 0. The van der Waals surface area contributed by atoms with E-state index in [1.54, 1.807) is 12.1 Å². The second-order valence-corrected chi connectivity index (χ2v) is 3.43. The summed E-state index contributed by atoms with van der Waals surface area (Å²) >= 11 is 5.70. The van der Waals surface area contributed by atoms with Gasteiger partial charge in [0.25, 0.3) is 0 Å². The van der Waals surface area contributed by atoms with Crippen molar-refractivity contribution in [3.63, 3.8) is 0 Å². The summed E-state index contributed by atoms with van der Waals surface area (Å²) < 4.78 is 7.12. The van der Waals surface area contributed by atoms with E-state index in [1.165, 1.54) is 0 Å². The van der Waals surface area contributed by atoms with Crippen molar-refractivity contribution < 1.29 is 4.42 Å². The molecule has 0 aliphatic rings. The molecule has 0 amide bonds. The normalized spacial score (nSPS) is 11.0. The van der Waals surface area contributed by atoms with Crippen LogP contribution >= 0.6 is 11.6 Å². The van der Waals surface area contributed by atoms with Crippen molar-refractivity contribution >= 4 is 17.2 Å². The molecule has 3 heterocycles. The van der Waals surface area contributed by atoms with Crippen molar-refractivity contribution in [2.24, 2.45) is 0 Å². The van der Waals surface area contributed by atoms with E-state index in [1.807, 2.05) is 28.8 Å². The monoisotopic (exact) mass is 219 g/mol. The van der Waals surface area contributed by atoms with Crippen LogP contribution in [0, 0.1) is 0 Å². The molecule has 0 N–H and O–H groups in total. The molecular formula is C10H6ClN3O. The lowest BCUT2D eigenvalue weighted by atomic mass is 10.4. The standard InChI is InChI=1S/C10H6ClN3O/c11-8-5-4-7(15-8)10-13-12-9-3-1-2-6-14(9)10/h1-6H. The summed E-state index contributed by atoms with van der Waals surface area (Å²) in [5.41, 5.74) is 0.778. The van der Waals surface area contributed by atoms with E-state index in [0.29, 0.717) is 16.8 Å². The third kappa shape index (κ3) is 1.30. The van der Waals surface area contributed by atoms with Gasteiger partial charge in [-0.15, -0.1) is 10.2 Å². The number of fused-ring (bicyclic) bond motifs is 1. The van der Waals surface area contributed by atoms with Gasteiger partial charge in [-0.25, -0.2) is 0 Å². The summed E-state index contributed by atoms with van der Waals surface area (Å²) in [5, 5.41) is 8.40. The molecule has 5 heteroatoms. The predicted molar refractivity (Wildman–Crippen MR) is 55.7 cm³/mol. The SMILES string of the molecule is Clc1ccc(-c2nnc3ccccn23)o1. The van der Waals surface area contributed by atoms with E-state index in [9.17, 15) is 0 Å². The summed E-state index contributed by atoms with van der Waals surface area (Å²) in [6.45, 7) is 0. The molecule has 0 aliphatic heterocycles. The first-order valence-corrected chi connectivity index (χ1v) is 4.78. The Hall–Kier alpha value is -1.81. The van der Waals surface area contributed by atoms with Gasteiger partial charge in [0.1, 0.15) is 0 Å². The van der Waals surface area contributed by atoms with Gasteiger partial charge in [-0.1, -0.05) is 6.07 Å². The lowest BCUT2D eigenvalue weighted by Gasteiger charge is -1.94. The molecule has 4 nitrogen and oxygen atoms in total. The smallest absolute Gasteiger partial charge is 0.204 e. The van der Waals surface area contributed by atoms with Crippen LogP contribution in [-0.4, -0.2) is 14.6 Å². The Labute approximate surface area is 90.1 Å². The van der Waals surface area contributed by atoms with Crippen molar-refractivity contribution in [2.75, 3.05) is 0 Å². The highest BCUT2D eigenvalue weighted by atomic mass is 35.5. The molecule has 0 fully saturated rings. The molecule has 3 rings (SSSR count). The Morgan fingerprint density at radius 2 is 2.07 bits per heavy atom. The first-order chi connectivity index (χ1) is 7.34. The zero-order valence-electron chi connectivity index (χ0n) is 7.59. The maximum Gasteiger partial charge on any atom is 0.204 e. The number of rotatable bonds is 1. The first kappa shape index (κ1) is 8.49. The van der Waals surface area contributed by atoms with Gasteiger partial charge in [-0.3, -0.25) is 4.40 Å². The summed E-state index contributed by atoms with van der Waals surface area (Å²) in [5.74, 6) is 1.26. The third-order valence-corrected chi connectivity index (χ3v) is 2.31. The first-order valence-electron chi connectivity index (χ1n) is 4.40. The van der Waals surface area contributed by atoms with Crippen LogP contribution in [0.25, 0.3) is 17.2 Å². The molecule has 0 saturated carbocycles. The van der Waals surface area contributed by atoms with Gasteiger partial charge in [-0.05, 0) is 35.9 Å². The Kier molecular flexibility index (Phi) is 1.76. The van der Waals surface area contributed by atoms with Gasteiger partial charge in [-0.2, -0.15) is 0 Å². The zero-order valence-corrected chi connectivity index (χ0v) is 8.35. The fourth-order valence-electron chi connectivity index (χ4n) is 1.44. The quantitative estimate of drug-likeness (QED) is 0.632. The van der Waals surface area contributed by atoms with Crippen LogP contribution in [0.4, 0.5) is 0 Å². The molecule has 74 valence electrons. The van der Waals surface area contributed by atoms with E-state index in [4.69, 9.17) is 16.0 Å². The second kappa shape index (κ2) is 3.10. The van der Waals surface area contributed by atoms with Gasteiger partial charge < -0.3 is 4.42 Å². The van der Waals surface area contributed by atoms with Crippen molar-refractivity contribution in [3.8, 4) is 11.6 Å². The molecule has 0 radical (unpaired) electrons. The number of pyridine rings is 1. The van der Waals surface area contributed by atoms with Crippen LogP contribution in [0.3, 0.4) is 0 Å². The van der Waals surface area contributed by atoms with Crippen LogP contribution < -0.4 is 0 Å². The Bertz CT molecular complexity index is 614. The number of furan rings is 1. The van der Waals surface area contributed by atoms with Gasteiger partial charge in [0, 0.05) is 6.20 Å². The average molecular weight is 220 g/mol. The Morgan fingerprint density at radius 3 is 2.87 bits per heavy atom. The number of hydrogen-bond donors (Lipinski definition) is 0. The van der Waals surface area contributed by atoms with Gasteiger partial charge in [0.05, 0.1) is 0 Å². The van der Waals surface area contributed by atoms with E-state index in [-0.39, 0.29) is 0 Å². The molecule has 0 saturated heterocycles. The fraction of sp³-hybridized carbons (Fsp3) is 0. The van der Waals surface area contributed by atoms with Gasteiger partial charge in [0.15, 0.2) is 16.6 Å². The Morgan fingerprint density at radius 1 is 1.13 bits per heavy atom. The minimum atomic E-state index is 0.345. The molecule has 3 aromatic heterocycles. The minimum absolute atomic E-state index is 0.345. The highest BCUT2D eigenvalue weighted by Gasteiger charge is 2.10. The Balaban J connectivity index is 2.27. The van der Waals surface area contributed by atoms with Crippen LogP contribution in [-0.2, 0) is 0 Å². The molecule has 0 bridgehead atoms. The summed E-state index contributed by atoms with van der Waals surface area (Å²) in [6, 6.07) is 9.14. The maximum atomic E-state index is 5.70. The zero-order chi connectivity index (χ0) is 10.3. The summed E-state index contributed by atoms with van der Waals surface area (Å²) in [4.78, 5) is 0. The largest absolute Gasteiger partial charge is 0.441 e. The molecular weight excluding hydrogens is 214 g/mol. The lowest BCUT2D eigenvalue weighted by molar-refractivity contribution is 0.578. The van der Waals surface area contributed by atoms with Crippen LogP contribution in [0.1, 0.15) is 0 Å². The van der Waals surface area contributed by atoms with Gasteiger partial charge in [0.2, 0.25) is 5.82 Å². The molecule has 15 heavy (non-hydrogen) atoms. The van der Waals surface area contributed by atoms with Crippen LogP contribution in [0.5, 0.6) is 0 Å². The fourth-order valence-corrected chi connectivity index (χ4v) is 1.59. The highest BCUT2D eigenvalue weighted by molar-refractivity contribution is 6.28. The molecule has 0 aliphatic carbocycles. The van der Waals surface area contributed by atoms with Crippen molar-refractivity contribution in [3.05, 3.63) is 41.7 Å². The topological polar surface area (TPSA) is 43.3 Å². The number of aromatic nitrogens is 3. The highest BCUT2D eigenvalue weighted by Crippen LogP contribution is 2.23. The third-order valence-electron chi connectivity index (χ3n) is 2.11. The average Bonchev–Trinajstić information content (AvgIpc) is 2.83. The van der Waals surface area contributed by atoms with Crippen molar-refractivity contribution in [2.45, 2.75) is 0 Å². The molecule has 3 aromatic rings. The van der Waals surface area contributed by atoms with E-state index in [2.05, 4.69) is 10.2 Å². The van der Waals surface area contributed by atoms with E-state index in [0.717, 1.165) is 5.65 Å². The second-order valence-electron chi connectivity index (χ2n) is 3.06. The number of hydrogen-bond acceptors (Lipinski definition) is 3. The summed E-state index contributed by atoms with van der Waals surface area (Å²) in [6.07, 6.45) is 1.88.